The molecule has 1 aromatic carbocycles. The van der Waals surface area contributed by atoms with Gasteiger partial charge in [-0.25, -0.2) is 0 Å². The van der Waals surface area contributed by atoms with Crippen LogP contribution in [0.3, 0.4) is 0 Å². The number of methoxy groups -OCH3 is 1. The van der Waals surface area contributed by atoms with Crippen molar-refractivity contribution in [3.05, 3.63) is 23.8 Å². The molecule has 0 bridgehead atoms. The van der Waals surface area contributed by atoms with E-state index in [1.54, 1.807) is 7.11 Å². The fraction of sp³-hybridized carbons (Fsp3) is 0.625. The van der Waals surface area contributed by atoms with Crippen LogP contribution in [-0.2, 0) is 16.0 Å². The first kappa shape index (κ1) is 17.8. The second kappa shape index (κ2) is 11.4. The molecule has 1 N–H and O–H groups in total. The summed E-state index contributed by atoms with van der Waals surface area (Å²) in [6.07, 6.45) is 0. The Balaban J connectivity index is 2.47. The standard InChI is InChI=1S/C16H27NO4/c1-4-17-13-14-6-7-15(16(12-14)20-5-2)21-11-10-19-9-8-18-3/h6-7,12,17H,4-5,8-11,13H2,1-3H3. The number of hydrogen-bond acceptors (Lipinski definition) is 5. The van der Waals surface area contributed by atoms with E-state index in [2.05, 4.69) is 12.2 Å². The van der Waals surface area contributed by atoms with Crippen LogP contribution in [0.1, 0.15) is 19.4 Å². The molecule has 120 valence electrons. The third-order valence-corrected chi connectivity index (χ3v) is 2.80. The van der Waals surface area contributed by atoms with Crippen LogP contribution >= 0.6 is 0 Å². The summed E-state index contributed by atoms with van der Waals surface area (Å²) in [6.45, 7) is 8.66. The molecular weight excluding hydrogens is 270 g/mol. The predicted octanol–water partition coefficient (Wildman–Crippen LogP) is 2.24. The molecule has 0 radical (unpaired) electrons. The molecule has 0 fully saturated rings. The molecule has 0 aliphatic rings. The van der Waals surface area contributed by atoms with E-state index in [0.29, 0.717) is 33.0 Å². The van der Waals surface area contributed by atoms with Crippen molar-refractivity contribution in [2.75, 3.05) is 46.7 Å². The maximum Gasteiger partial charge on any atom is 0.161 e. The first-order valence-electron chi connectivity index (χ1n) is 7.47. The summed E-state index contributed by atoms with van der Waals surface area (Å²) in [6, 6.07) is 6.02. The zero-order valence-electron chi connectivity index (χ0n) is 13.3. The van der Waals surface area contributed by atoms with Crippen LogP contribution in [0.15, 0.2) is 18.2 Å². The van der Waals surface area contributed by atoms with E-state index in [-0.39, 0.29) is 0 Å². The van der Waals surface area contributed by atoms with Crippen molar-refractivity contribution >= 4 is 0 Å². The second-order valence-electron chi connectivity index (χ2n) is 4.45. The molecule has 0 atom stereocenters. The highest BCUT2D eigenvalue weighted by Gasteiger charge is 2.06. The van der Waals surface area contributed by atoms with Crippen molar-refractivity contribution < 1.29 is 18.9 Å². The van der Waals surface area contributed by atoms with E-state index in [1.165, 1.54) is 5.56 Å². The second-order valence-corrected chi connectivity index (χ2v) is 4.45. The molecule has 0 unspecified atom stereocenters. The van der Waals surface area contributed by atoms with Gasteiger partial charge in [-0.15, -0.1) is 0 Å². The number of nitrogens with one attached hydrogen (secondary N) is 1. The fourth-order valence-corrected chi connectivity index (χ4v) is 1.77. The molecule has 21 heavy (non-hydrogen) atoms. The average Bonchev–Trinajstić information content (AvgIpc) is 2.50. The maximum absolute atomic E-state index is 5.72. The summed E-state index contributed by atoms with van der Waals surface area (Å²) in [4.78, 5) is 0. The van der Waals surface area contributed by atoms with E-state index in [9.17, 15) is 0 Å². The highest BCUT2D eigenvalue weighted by atomic mass is 16.5. The van der Waals surface area contributed by atoms with Crippen molar-refractivity contribution in [1.29, 1.82) is 0 Å². The van der Waals surface area contributed by atoms with Gasteiger partial charge in [0.2, 0.25) is 0 Å². The van der Waals surface area contributed by atoms with Crippen molar-refractivity contribution in [3.63, 3.8) is 0 Å². The molecule has 0 heterocycles. The average molecular weight is 297 g/mol. The van der Waals surface area contributed by atoms with E-state index >= 15 is 0 Å². The Labute approximate surface area is 127 Å². The summed E-state index contributed by atoms with van der Waals surface area (Å²) < 4.78 is 21.6. The zero-order chi connectivity index (χ0) is 15.3. The van der Waals surface area contributed by atoms with Crippen molar-refractivity contribution in [1.82, 2.24) is 5.32 Å². The van der Waals surface area contributed by atoms with Gasteiger partial charge in [0.05, 0.1) is 26.4 Å². The van der Waals surface area contributed by atoms with Gasteiger partial charge in [-0.2, -0.15) is 0 Å². The third kappa shape index (κ3) is 7.32. The van der Waals surface area contributed by atoms with Crippen molar-refractivity contribution in [2.45, 2.75) is 20.4 Å². The highest BCUT2D eigenvalue weighted by Crippen LogP contribution is 2.28. The van der Waals surface area contributed by atoms with Crippen LogP contribution in [0.5, 0.6) is 11.5 Å². The topological polar surface area (TPSA) is 49.0 Å². The Bertz CT molecular complexity index is 385. The van der Waals surface area contributed by atoms with Crippen molar-refractivity contribution in [3.8, 4) is 11.5 Å². The molecule has 0 aliphatic carbocycles. The molecule has 0 saturated heterocycles. The lowest BCUT2D eigenvalue weighted by Gasteiger charge is -2.13. The normalized spacial score (nSPS) is 10.6. The summed E-state index contributed by atoms with van der Waals surface area (Å²) >= 11 is 0. The van der Waals surface area contributed by atoms with Gasteiger partial charge in [0.15, 0.2) is 11.5 Å². The summed E-state index contributed by atoms with van der Waals surface area (Å²) in [5.74, 6) is 1.54. The molecule has 0 spiro atoms. The van der Waals surface area contributed by atoms with E-state index in [0.717, 1.165) is 24.6 Å². The van der Waals surface area contributed by atoms with Gasteiger partial charge in [-0.1, -0.05) is 13.0 Å². The molecule has 1 aromatic rings. The van der Waals surface area contributed by atoms with Gasteiger partial charge in [-0.05, 0) is 31.2 Å². The first-order valence-corrected chi connectivity index (χ1v) is 7.47. The van der Waals surface area contributed by atoms with Crippen LogP contribution in [0.4, 0.5) is 0 Å². The lowest BCUT2D eigenvalue weighted by Crippen LogP contribution is -2.12. The van der Waals surface area contributed by atoms with Crippen LogP contribution in [0.2, 0.25) is 0 Å². The number of rotatable bonds is 12. The van der Waals surface area contributed by atoms with Crippen LogP contribution in [0, 0.1) is 0 Å². The molecular formula is C16H27NO4. The number of benzene rings is 1. The van der Waals surface area contributed by atoms with Gasteiger partial charge >= 0.3 is 0 Å². The third-order valence-electron chi connectivity index (χ3n) is 2.80. The van der Waals surface area contributed by atoms with Crippen LogP contribution < -0.4 is 14.8 Å². The van der Waals surface area contributed by atoms with Gasteiger partial charge < -0.3 is 24.3 Å². The molecule has 1 rings (SSSR count). The zero-order valence-corrected chi connectivity index (χ0v) is 13.3. The minimum atomic E-state index is 0.496. The highest BCUT2D eigenvalue weighted by molar-refractivity contribution is 5.43. The summed E-state index contributed by atoms with van der Waals surface area (Å²) in [5, 5.41) is 3.30. The van der Waals surface area contributed by atoms with Crippen LogP contribution in [0.25, 0.3) is 0 Å². The van der Waals surface area contributed by atoms with Crippen LogP contribution in [-0.4, -0.2) is 46.7 Å². The molecule has 5 heteroatoms. The Hall–Kier alpha value is -1.30. The monoisotopic (exact) mass is 297 g/mol. The Morgan fingerprint density at radius 2 is 1.76 bits per heavy atom. The van der Waals surface area contributed by atoms with E-state index in [4.69, 9.17) is 18.9 Å². The Kier molecular flexibility index (Phi) is 9.61. The minimum Gasteiger partial charge on any atom is -0.490 e. The van der Waals surface area contributed by atoms with Gasteiger partial charge in [-0.3, -0.25) is 0 Å². The first-order chi connectivity index (χ1) is 10.3. The van der Waals surface area contributed by atoms with Gasteiger partial charge in [0.1, 0.15) is 6.61 Å². The fourth-order valence-electron chi connectivity index (χ4n) is 1.77. The van der Waals surface area contributed by atoms with E-state index in [1.807, 2.05) is 25.1 Å². The molecule has 0 amide bonds. The smallest absolute Gasteiger partial charge is 0.161 e. The number of hydrogen-bond donors (Lipinski definition) is 1. The lowest BCUT2D eigenvalue weighted by atomic mass is 10.2. The number of ether oxygens (including phenoxy) is 4. The molecule has 5 nitrogen and oxygen atoms in total. The predicted molar refractivity (Wildman–Crippen MR) is 83.2 cm³/mol. The van der Waals surface area contributed by atoms with E-state index < -0.39 is 0 Å². The largest absolute Gasteiger partial charge is 0.490 e. The van der Waals surface area contributed by atoms with Crippen molar-refractivity contribution in [2.24, 2.45) is 0 Å². The summed E-state index contributed by atoms with van der Waals surface area (Å²) in [5.41, 5.74) is 1.18. The molecule has 0 aliphatic heterocycles. The quantitative estimate of drug-likeness (QED) is 0.600. The Morgan fingerprint density at radius 3 is 2.48 bits per heavy atom. The minimum absolute atomic E-state index is 0.496. The molecule has 0 aromatic heterocycles. The maximum atomic E-state index is 5.72. The summed E-state index contributed by atoms with van der Waals surface area (Å²) in [7, 11) is 1.66. The van der Waals surface area contributed by atoms with Gasteiger partial charge in [0, 0.05) is 13.7 Å². The Morgan fingerprint density at radius 1 is 0.952 bits per heavy atom. The SMILES string of the molecule is CCNCc1ccc(OCCOCCOC)c(OCC)c1. The lowest BCUT2D eigenvalue weighted by molar-refractivity contribution is 0.0539. The van der Waals surface area contributed by atoms with Gasteiger partial charge in [0.25, 0.3) is 0 Å². The molecule has 0 saturated carbocycles.